The van der Waals surface area contributed by atoms with Gasteiger partial charge in [-0.2, -0.15) is 0 Å². The quantitative estimate of drug-likeness (QED) is 0.378. The Morgan fingerprint density at radius 2 is 1.48 bits per heavy atom. The van der Waals surface area contributed by atoms with E-state index >= 15 is 0 Å². The van der Waals surface area contributed by atoms with Gasteiger partial charge in [-0.3, -0.25) is 4.72 Å². The molecule has 0 spiro atoms. The highest BCUT2D eigenvalue weighted by Crippen LogP contribution is 2.38. The van der Waals surface area contributed by atoms with E-state index in [1.165, 1.54) is 14.2 Å². The van der Waals surface area contributed by atoms with Crippen LogP contribution in [0.3, 0.4) is 0 Å². The van der Waals surface area contributed by atoms with Gasteiger partial charge in [0, 0.05) is 6.07 Å². The van der Waals surface area contributed by atoms with E-state index in [2.05, 4.69) is 20.0 Å². The molecule has 3 aromatic carbocycles. The Balaban J connectivity index is 1.81. The summed E-state index contributed by atoms with van der Waals surface area (Å²) in [5, 5.41) is 3.34. The zero-order chi connectivity index (χ0) is 23.6. The van der Waals surface area contributed by atoms with Crippen LogP contribution in [-0.4, -0.2) is 32.6 Å². The third-order valence-corrected chi connectivity index (χ3v) is 6.30. The maximum Gasteiger partial charge on any atom is 0.263 e. The predicted octanol–water partition coefficient (Wildman–Crippen LogP) is 4.98. The average Bonchev–Trinajstić information content (AvgIpc) is 2.79. The molecule has 1 heterocycles. The maximum atomic E-state index is 13.3. The molecule has 0 unspecified atom stereocenters. The number of ether oxygens (including phenoxy) is 2. The summed E-state index contributed by atoms with van der Waals surface area (Å²) >= 11 is 6.26. The standard InChI is InChI=1S/C22H18ClFN4O4S/c1-31-19-12-20(32-2)18(11-15(19)23)27-21-22(26-17-6-4-3-5-16(17)25-21)28-33(29,30)14-9-7-13(24)8-10-14/h3-12H,1-2H3,(H,25,27)(H,26,28). The molecule has 0 aliphatic carbocycles. The molecule has 33 heavy (non-hydrogen) atoms. The summed E-state index contributed by atoms with van der Waals surface area (Å²) in [6, 6.07) is 14.6. The number of para-hydroxylation sites is 2. The van der Waals surface area contributed by atoms with Crippen LogP contribution < -0.4 is 19.5 Å². The highest BCUT2D eigenvalue weighted by molar-refractivity contribution is 7.92. The Labute approximate surface area is 194 Å². The number of anilines is 3. The van der Waals surface area contributed by atoms with Crippen LogP contribution in [-0.2, 0) is 10.0 Å². The molecular formula is C22H18ClFN4O4S. The van der Waals surface area contributed by atoms with Crippen LogP contribution in [0.1, 0.15) is 0 Å². The van der Waals surface area contributed by atoms with Crippen molar-refractivity contribution in [1.82, 2.24) is 9.97 Å². The molecular weight excluding hydrogens is 471 g/mol. The number of sulfonamides is 1. The second-order valence-electron chi connectivity index (χ2n) is 6.78. The van der Waals surface area contributed by atoms with Gasteiger partial charge in [0.05, 0.1) is 40.9 Å². The Hall–Kier alpha value is -3.63. The van der Waals surface area contributed by atoms with E-state index in [1.54, 1.807) is 36.4 Å². The Morgan fingerprint density at radius 1 is 0.879 bits per heavy atom. The van der Waals surface area contributed by atoms with Gasteiger partial charge in [-0.25, -0.2) is 22.8 Å². The highest BCUT2D eigenvalue weighted by Gasteiger charge is 2.20. The van der Waals surface area contributed by atoms with Crippen LogP contribution in [0.2, 0.25) is 5.02 Å². The van der Waals surface area contributed by atoms with Crippen LogP contribution in [0.25, 0.3) is 11.0 Å². The van der Waals surface area contributed by atoms with Gasteiger partial charge in [0.25, 0.3) is 10.0 Å². The molecule has 0 saturated heterocycles. The van der Waals surface area contributed by atoms with Crippen molar-refractivity contribution in [3.8, 4) is 11.5 Å². The van der Waals surface area contributed by atoms with Gasteiger partial charge in [-0.1, -0.05) is 23.7 Å². The van der Waals surface area contributed by atoms with Crippen molar-refractivity contribution < 1.29 is 22.3 Å². The summed E-state index contributed by atoms with van der Waals surface area (Å²) in [7, 11) is -1.14. The van der Waals surface area contributed by atoms with Crippen LogP contribution >= 0.6 is 11.6 Å². The molecule has 0 aliphatic rings. The molecule has 4 aromatic rings. The Morgan fingerprint density at radius 3 is 2.09 bits per heavy atom. The largest absolute Gasteiger partial charge is 0.495 e. The zero-order valence-corrected chi connectivity index (χ0v) is 19.0. The van der Waals surface area contributed by atoms with Crippen LogP contribution in [0.4, 0.5) is 21.7 Å². The first-order chi connectivity index (χ1) is 15.8. The number of nitrogens with one attached hydrogen (secondary N) is 2. The second-order valence-corrected chi connectivity index (χ2v) is 8.87. The number of methoxy groups -OCH3 is 2. The van der Waals surface area contributed by atoms with E-state index in [4.69, 9.17) is 21.1 Å². The van der Waals surface area contributed by atoms with E-state index in [0.29, 0.717) is 33.2 Å². The fourth-order valence-corrected chi connectivity index (χ4v) is 4.29. The smallest absolute Gasteiger partial charge is 0.263 e. The van der Waals surface area contributed by atoms with Crippen molar-refractivity contribution in [2.24, 2.45) is 0 Å². The summed E-state index contributed by atoms with van der Waals surface area (Å²) in [5.41, 5.74) is 1.41. The number of rotatable bonds is 7. The van der Waals surface area contributed by atoms with Crippen molar-refractivity contribution in [1.29, 1.82) is 0 Å². The predicted molar refractivity (Wildman–Crippen MR) is 125 cm³/mol. The van der Waals surface area contributed by atoms with Crippen molar-refractivity contribution in [2.75, 3.05) is 24.3 Å². The Kier molecular flexibility index (Phi) is 6.21. The van der Waals surface area contributed by atoms with Crippen molar-refractivity contribution in [3.63, 3.8) is 0 Å². The lowest BCUT2D eigenvalue weighted by atomic mass is 10.2. The van der Waals surface area contributed by atoms with Crippen LogP contribution in [0.5, 0.6) is 11.5 Å². The van der Waals surface area contributed by atoms with Gasteiger partial charge in [0.1, 0.15) is 17.3 Å². The van der Waals surface area contributed by atoms with Gasteiger partial charge in [-0.05, 0) is 42.5 Å². The number of nitrogens with zero attached hydrogens (tertiary/aromatic N) is 2. The molecule has 0 amide bonds. The van der Waals surface area contributed by atoms with E-state index in [-0.39, 0.29) is 16.5 Å². The summed E-state index contributed by atoms with van der Waals surface area (Å²) in [6.07, 6.45) is 0. The lowest BCUT2D eigenvalue weighted by molar-refractivity contribution is 0.396. The summed E-state index contributed by atoms with van der Waals surface area (Å²) in [4.78, 5) is 8.81. The fraction of sp³-hybridized carbons (Fsp3) is 0.0909. The van der Waals surface area contributed by atoms with Gasteiger partial charge in [0.15, 0.2) is 11.6 Å². The van der Waals surface area contributed by atoms with Crippen molar-refractivity contribution >= 4 is 50.0 Å². The first kappa shape index (κ1) is 22.6. The highest BCUT2D eigenvalue weighted by atomic mass is 35.5. The minimum Gasteiger partial charge on any atom is -0.495 e. The lowest BCUT2D eigenvalue weighted by Crippen LogP contribution is -2.16. The summed E-state index contributed by atoms with van der Waals surface area (Å²) < 4.78 is 52.1. The van der Waals surface area contributed by atoms with Gasteiger partial charge < -0.3 is 14.8 Å². The molecule has 0 atom stereocenters. The Bertz CT molecular complexity index is 1430. The van der Waals surface area contributed by atoms with E-state index in [0.717, 1.165) is 24.3 Å². The normalized spacial score (nSPS) is 11.3. The third-order valence-electron chi connectivity index (χ3n) is 4.65. The lowest BCUT2D eigenvalue weighted by Gasteiger charge is -2.16. The number of halogens is 2. The maximum absolute atomic E-state index is 13.3. The van der Waals surface area contributed by atoms with Crippen molar-refractivity contribution in [3.05, 3.63) is 71.5 Å². The number of hydrogen-bond donors (Lipinski definition) is 2. The number of fused-ring (bicyclic) bond motifs is 1. The second kappa shape index (κ2) is 9.08. The van der Waals surface area contributed by atoms with Gasteiger partial charge >= 0.3 is 0 Å². The van der Waals surface area contributed by atoms with Gasteiger partial charge in [-0.15, -0.1) is 0 Å². The molecule has 11 heteroatoms. The third kappa shape index (κ3) is 4.76. The van der Waals surface area contributed by atoms with E-state index < -0.39 is 15.8 Å². The molecule has 1 aromatic heterocycles. The first-order valence-corrected chi connectivity index (χ1v) is 11.4. The van der Waals surface area contributed by atoms with Crippen molar-refractivity contribution in [2.45, 2.75) is 4.90 Å². The topological polar surface area (TPSA) is 102 Å². The molecule has 0 saturated carbocycles. The van der Waals surface area contributed by atoms with Crippen LogP contribution in [0.15, 0.2) is 65.6 Å². The van der Waals surface area contributed by atoms with Crippen LogP contribution in [0, 0.1) is 5.82 Å². The molecule has 170 valence electrons. The molecule has 0 bridgehead atoms. The molecule has 0 fully saturated rings. The molecule has 0 aliphatic heterocycles. The van der Waals surface area contributed by atoms with E-state index in [1.807, 2.05) is 0 Å². The molecule has 0 radical (unpaired) electrons. The molecule has 2 N–H and O–H groups in total. The molecule has 4 rings (SSSR count). The average molecular weight is 489 g/mol. The number of aromatic nitrogens is 2. The zero-order valence-electron chi connectivity index (χ0n) is 17.5. The summed E-state index contributed by atoms with van der Waals surface area (Å²) in [6.45, 7) is 0. The SMILES string of the molecule is COc1cc(OC)c(Nc2nc3ccccc3nc2NS(=O)(=O)c2ccc(F)cc2)cc1Cl. The summed E-state index contributed by atoms with van der Waals surface area (Å²) in [5.74, 6) is 0.288. The minimum absolute atomic E-state index is 0.0629. The monoisotopic (exact) mass is 488 g/mol. The van der Waals surface area contributed by atoms with Gasteiger partial charge in [0.2, 0.25) is 0 Å². The minimum atomic E-state index is -4.08. The number of benzene rings is 3. The first-order valence-electron chi connectivity index (χ1n) is 9.54. The number of hydrogen-bond acceptors (Lipinski definition) is 7. The van der Waals surface area contributed by atoms with E-state index in [9.17, 15) is 12.8 Å². The molecule has 8 nitrogen and oxygen atoms in total. The fourth-order valence-electron chi connectivity index (χ4n) is 3.04.